The van der Waals surface area contributed by atoms with Gasteiger partial charge in [-0.3, -0.25) is 4.98 Å². The first kappa shape index (κ1) is 11.4. The number of rotatable bonds is 2. The second kappa shape index (κ2) is 4.81. The molecule has 1 N–H and O–H groups in total. The highest BCUT2D eigenvalue weighted by Crippen LogP contribution is 2.30. The van der Waals surface area contributed by atoms with Gasteiger partial charge in [-0.15, -0.1) is 0 Å². The molecule has 3 heteroatoms. The minimum Gasteiger partial charge on any atom is -0.366 e. The van der Waals surface area contributed by atoms with Crippen molar-refractivity contribution >= 4 is 5.82 Å². The molecule has 0 aromatic carbocycles. The maximum absolute atomic E-state index is 4.35. The van der Waals surface area contributed by atoms with E-state index in [1.807, 2.05) is 6.92 Å². The van der Waals surface area contributed by atoms with Crippen molar-refractivity contribution in [2.45, 2.75) is 46.1 Å². The van der Waals surface area contributed by atoms with Crippen molar-refractivity contribution in [1.82, 2.24) is 9.97 Å². The Kier molecular flexibility index (Phi) is 3.42. The fourth-order valence-corrected chi connectivity index (χ4v) is 2.81. The van der Waals surface area contributed by atoms with Gasteiger partial charge in [0.25, 0.3) is 0 Å². The molecule has 1 aromatic heterocycles. The molecular weight excluding hydrogens is 198 g/mol. The fraction of sp³-hybridized carbons (Fsp3) is 0.692. The third-order valence-electron chi connectivity index (χ3n) is 3.40. The number of nitrogens with one attached hydrogen (secondary N) is 1. The van der Waals surface area contributed by atoms with Crippen molar-refractivity contribution in [3.05, 3.63) is 18.1 Å². The minimum absolute atomic E-state index is 0.564. The summed E-state index contributed by atoms with van der Waals surface area (Å²) in [5, 5.41) is 3.54. The average molecular weight is 219 g/mol. The van der Waals surface area contributed by atoms with Crippen LogP contribution >= 0.6 is 0 Å². The first-order valence-corrected chi connectivity index (χ1v) is 6.19. The van der Waals surface area contributed by atoms with Crippen molar-refractivity contribution in [2.24, 2.45) is 11.8 Å². The van der Waals surface area contributed by atoms with Crippen LogP contribution in [-0.2, 0) is 0 Å². The van der Waals surface area contributed by atoms with Gasteiger partial charge in [0.2, 0.25) is 0 Å². The highest BCUT2D eigenvalue weighted by molar-refractivity contribution is 5.39. The molecule has 0 amide bonds. The zero-order chi connectivity index (χ0) is 11.5. The van der Waals surface area contributed by atoms with E-state index in [-0.39, 0.29) is 0 Å². The highest BCUT2D eigenvalue weighted by atomic mass is 15.0. The third-order valence-corrected chi connectivity index (χ3v) is 3.40. The van der Waals surface area contributed by atoms with Crippen LogP contribution in [0.4, 0.5) is 5.82 Å². The van der Waals surface area contributed by atoms with Crippen LogP contribution in [0.25, 0.3) is 0 Å². The lowest BCUT2D eigenvalue weighted by Crippen LogP contribution is -2.30. The van der Waals surface area contributed by atoms with E-state index in [1.165, 1.54) is 19.3 Å². The number of hydrogen-bond donors (Lipinski definition) is 1. The molecule has 1 aromatic rings. The van der Waals surface area contributed by atoms with Gasteiger partial charge in [0.15, 0.2) is 0 Å². The van der Waals surface area contributed by atoms with E-state index < -0.39 is 0 Å². The first-order chi connectivity index (χ1) is 7.65. The monoisotopic (exact) mass is 219 g/mol. The molecule has 1 aliphatic rings. The summed E-state index contributed by atoms with van der Waals surface area (Å²) in [6.45, 7) is 6.69. The Morgan fingerprint density at radius 2 is 1.69 bits per heavy atom. The summed E-state index contributed by atoms with van der Waals surface area (Å²) in [4.78, 5) is 8.61. The van der Waals surface area contributed by atoms with Crippen LogP contribution in [0.2, 0.25) is 0 Å². The van der Waals surface area contributed by atoms with Crippen LogP contribution in [0, 0.1) is 18.8 Å². The van der Waals surface area contributed by atoms with Gasteiger partial charge in [0, 0.05) is 18.4 Å². The Morgan fingerprint density at radius 1 is 1.06 bits per heavy atom. The van der Waals surface area contributed by atoms with Crippen molar-refractivity contribution < 1.29 is 0 Å². The molecule has 2 atom stereocenters. The number of hydrogen-bond acceptors (Lipinski definition) is 3. The first-order valence-electron chi connectivity index (χ1n) is 6.19. The molecule has 0 spiro atoms. The van der Waals surface area contributed by atoms with Crippen molar-refractivity contribution in [1.29, 1.82) is 0 Å². The average Bonchev–Trinajstić information content (AvgIpc) is 2.20. The van der Waals surface area contributed by atoms with E-state index >= 15 is 0 Å². The predicted molar refractivity (Wildman–Crippen MR) is 66.4 cm³/mol. The van der Waals surface area contributed by atoms with Gasteiger partial charge in [-0.2, -0.15) is 0 Å². The molecule has 2 unspecified atom stereocenters. The van der Waals surface area contributed by atoms with Gasteiger partial charge in [-0.25, -0.2) is 4.98 Å². The molecule has 1 heterocycles. The summed E-state index contributed by atoms with van der Waals surface area (Å²) >= 11 is 0. The summed E-state index contributed by atoms with van der Waals surface area (Å²) < 4.78 is 0. The number of aromatic nitrogens is 2. The van der Waals surface area contributed by atoms with E-state index in [9.17, 15) is 0 Å². The topological polar surface area (TPSA) is 37.8 Å². The van der Waals surface area contributed by atoms with E-state index in [0.29, 0.717) is 6.04 Å². The SMILES string of the molecule is Cc1nccnc1NC1CC(C)CC(C)C1. The van der Waals surface area contributed by atoms with Gasteiger partial charge in [-0.1, -0.05) is 13.8 Å². The van der Waals surface area contributed by atoms with Crippen molar-refractivity contribution in [3.63, 3.8) is 0 Å². The Balaban J connectivity index is 2.02. The second-order valence-electron chi connectivity index (χ2n) is 5.25. The molecule has 0 bridgehead atoms. The molecule has 1 saturated carbocycles. The Morgan fingerprint density at radius 3 is 2.31 bits per heavy atom. The van der Waals surface area contributed by atoms with Gasteiger partial charge in [0.05, 0.1) is 5.69 Å². The quantitative estimate of drug-likeness (QED) is 0.830. The third kappa shape index (κ3) is 2.71. The summed E-state index contributed by atoms with van der Waals surface area (Å²) in [7, 11) is 0. The van der Waals surface area contributed by atoms with Crippen LogP contribution in [0.5, 0.6) is 0 Å². The Hall–Kier alpha value is -1.12. The Labute approximate surface area is 97.7 Å². The van der Waals surface area contributed by atoms with Gasteiger partial charge < -0.3 is 5.32 Å². The van der Waals surface area contributed by atoms with Crippen LogP contribution in [-0.4, -0.2) is 16.0 Å². The maximum Gasteiger partial charge on any atom is 0.147 e. The van der Waals surface area contributed by atoms with Crippen LogP contribution in [0.3, 0.4) is 0 Å². The zero-order valence-corrected chi connectivity index (χ0v) is 10.4. The largest absolute Gasteiger partial charge is 0.366 e. The summed E-state index contributed by atoms with van der Waals surface area (Å²) in [5.74, 6) is 2.59. The number of anilines is 1. The predicted octanol–water partition coefficient (Wildman–Crippen LogP) is 3.02. The van der Waals surface area contributed by atoms with Gasteiger partial charge >= 0.3 is 0 Å². The van der Waals surface area contributed by atoms with E-state index in [1.54, 1.807) is 12.4 Å². The second-order valence-corrected chi connectivity index (χ2v) is 5.25. The Bertz CT molecular complexity index is 341. The van der Waals surface area contributed by atoms with Crippen LogP contribution in [0.1, 0.15) is 38.8 Å². The van der Waals surface area contributed by atoms with Gasteiger partial charge in [0.1, 0.15) is 5.82 Å². The standard InChI is InChI=1S/C13H21N3/c1-9-6-10(2)8-12(7-9)16-13-11(3)14-4-5-15-13/h4-5,9-10,12H,6-8H2,1-3H3,(H,15,16). The molecule has 16 heavy (non-hydrogen) atoms. The highest BCUT2D eigenvalue weighted by Gasteiger charge is 2.24. The molecule has 1 fully saturated rings. The van der Waals surface area contributed by atoms with Crippen LogP contribution in [0.15, 0.2) is 12.4 Å². The molecule has 88 valence electrons. The lowest BCUT2D eigenvalue weighted by Gasteiger charge is -2.32. The van der Waals surface area contributed by atoms with E-state index in [4.69, 9.17) is 0 Å². The molecule has 3 nitrogen and oxygen atoms in total. The molecule has 0 saturated heterocycles. The molecule has 2 rings (SSSR count). The van der Waals surface area contributed by atoms with Crippen LogP contribution < -0.4 is 5.32 Å². The fourth-order valence-electron chi connectivity index (χ4n) is 2.81. The number of aryl methyl sites for hydroxylation is 1. The minimum atomic E-state index is 0.564. The number of nitrogens with zero attached hydrogens (tertiary/aromatic N) is 2. The summed E-state index contributed by atoms with van der Waals surface area (Å²) in [6, 6.07) is 0.564. The van der Waals surface area contributed by atoms with Crippen molar-refractivity contribution in [3.8, 4) is 0 Å². The zero-order valence-electron chi connectivity index (χ0n) is 10.4. The maximum atomic E-state index is 4.35. The molecule has 1 aliphatic carbocycles. The van der Waals surface area contributed by atoms with E-state index in [2.05, 4.69) is 29.1 Å². The van der Waals surface area contributed by atoms with E-state index in [0.717, 1.165) is 23.3 Å². The molecule has 0 aliphatic heterocycles. The summed E-state index contributed by atoms with van der Waals surface area (Å²) in [6.07, 6.45) is 7.36. The lowest BCUT2D eigenvalue weighted by molar-refractivity contribution is 0.280. The smallest absolute Gasteiger partial charge is 0.147 e. The normalized spacial score (nSPS) is 30.1. The lowest BCUT2D eigenvalue weighted by atomic mass is 9.80. The molecule has 0 radical (unpaired) electrons. The van der Waals surface area contributed by atoms with Gasteiger partial charge in [-0.05, 0) is 38.0 Å². The van der Waals surface area contributed by atoms with Crippen molar-refractivity contribution in [2.75, 3.05) is 5.32 Å². The molecular formula is C13H21N3. The summed E-state index contributed by atoms with van der Waals surface area (Å²) in [5.41, 5.74) is 0.994.